The van der Waals surface area contributed by atoms with Crippen LogP contribution in [0.25, 0.3) is 0 Å². The van der Waals surface area contributed by atoms with Gasteiger partial charge in [0.05, 0.1) is 0 Å². The number of hydrogen-bond donors (Lipinski definition) is 1. The molecule has 2 fully saturated rings. The monoisotopic (exact) mass is 239 g/mol. The lowest BCUT2D eigenvalue weighted by Gasteiger charge is -2.30. The standard InChI is InChI=1S/C14H29N3/c1-13(6-3-8-15-2)17-11-5-10-16-9-4-7-14(16)12-17/h13-15H,3-12H2,1-2H3. The fraction of sp³-hybridized carbons (Fsp3) is 1.00. The molecule has 0 amide bonds. The molecule has 100 valence electrons. The molecule has 17 heavy (non-hydrogen) atoms. The molecule has 0 aliphatic carbocycles. The summed E-state index contributed by atoms with van der Waals surface area (Å²) in [6.07, 6.45) is 6.87. The number of hydrogen-bond acceptors (Lipinski definition) is 3. The largest absolute Gasteiger partial charge is 0.320 e. The van der Waals surface area contributed by atoms with Gasteiger partial charge in [-0.2, -0.15) is 0 Å². The van der Waals surface area contributed by atoms with E-state index in [4.69, 9.17) is 0 Å². The van der Waals surface area contributed by atoms with Crippen molar-refractivity contribution in [2.45, 2.75) is 51.1 Å². The maximum atomic E-state index is 3.25. The van der Waals surface area contributed by atoms with Crippen molar-refractivity contribution in [3.05, 3.63) is 0 Å². The summed E-state index contributed by atoms with van der Waals surface area (Å²) in [7, 11) is 2.05. The van der Waals surface area contributed by atoms with Crippen molar-refractivity contribution in [2.24, 2.45) is 0 Å². The van der Waals surface area contributed by atoms with Crippen LogP contribution in [0, 0.1) is 0 Å². The third-order valence-corrected chi connectivity index (χ3v) is 4.51. The number of rotatable bonds is 5. The van der Waals surface area contributed by atoms with Crippen molar-refractivity contribution in [3.63, 3.8) is 0 Å². The van der Waals surface area contributed by atoms with Crippen molar-refractivity contribution in [1.29, 1.82) is 0 Å². The molecule has 3 heteroatoms. The molecule has 0 aromatic rings. The maximum Gasteiger partial charge on any atom is 0.0223 e. The van der Waals surface area contributed by atoms with E-state index >= 15 is 0 Å². The minimum absolute atomic E-state index is 0.767. The van der Waals surface area contributed by atoms with Gasteiger partial charge in [-0.15, -0.1) is 0 Å². The highest BCUT2D eigenvalue weighted by Gasteiger charge is 2.29. The summed E-state index contributed by atoms with van der Waals surface area (Å²) in [6, 6.07) is 1.63. The van der Waals surface area contributed by atoms with E-state index in [1.807, 2.05) is 7.05 Å². The average molecular weight is 239 g/mol. The van der Waals surface area contributed by atoms with Gasteiger partial charge < -0.3 is 5.32 Å². The molecular weight excluding hydrogens is 210 g/mol. The molecule has 0 bridgehead atoms. The normalized spacial score (nSPS) is 28.9. The van der Waals surface area contributed by atoms with E-state index in [-0.39, 0.29) is 0 Å². The van der Waals surface area contributed by atoms with Gasteiger partial charge in [-0.3, -0.25) is 9.80 Å². The lowest BCUT2D eigenvalue weighted by Crippen LogP contribution is -2.41. The highest BCUT2D eigenvalue weighted by molar-refractivity contribution is 4.86. The Bertz CT molecular complexity index is 220. The number of fused-ring (bicyclic) bond motifs is 1. The van der Waals surface area contributed by atoms with Gasteiger partial charge in [0.15, 0.2) is 0 Å². The summed E-state index contributed by atoms with van der Waals surface area (Å²) in [5.74, 6) is 0. The first-order valence-electron chi connectivity index (χ1n) is 7.44. The molecule has 2 atom stereocenters. The molecule has 2 heterocycles. The predicted octanol–water partition coefficient (Wildman–Crippen LogP) is 1.54. The van der Waals surface area contributed by atoms with Gasteiger partial charge in [0.25, 0.3) is 0 Å². The predicted molar refractivity (Wildman–Crippen MR) is 73.4 cm³/mol. The van der Waals surface area contributed by atoms with Crippen molar-refractivity contribution < 1.29 is 0 Å². The summed E-state index contributed by atoms with van der Waals surface area (Å²) >= 11 is 0. The Morgan fingerprint density at radius 3 is 2.88 bits per heavy atom. The molecule has 1 N–H and O–H groups in total. The Labute approximate surface area is 107 Å². The second-order valence-electron chi connectivity index (χ2n) is 5.78. The summed E-state index contributed by atoms with van der Waals surface area (Å²) < 4.78 is 0. The van der Waals surface area contributed by atoms with Crippen LogP contribution in [0.2, 0.25) is 0 Å². The smallest absolute Gasteiger partial charge is 0.0223 e. The van der Waals surface area contributed by atoms with Crippen molar-refractivity contribution in [2.75, 3.05) is 39.8 Å². The van der Waals surface area contributed by atoms with Crippen LogP contribution < -0.4 is 5.32 Å². The summed E-state index contributed by atoms with van der Waals surface area (Å²) in [6.45, 7) is 8.90. The molecule has 0 aromatic carbocycles. The van der Waals surface area contributed by atoms with E-state index in [0.29, 0.717) is 0 Å². The zero-order valence-corrected chi connectivity index (χ0v) is 11.6. The van der Waals surface area contributed by atoms with Gasteiger partial charge in [-0.05, 0) is 72.3 Å². The lowest BCUT2D eigenvalue weighted by atomic mass is 10.1. The van der Waals surface area contributed by atoms with Crippen LogP contribution in [-0.2, 0) is 0 Å². The average Bonchev–Trinajstić information content (AvgIpc) is 2.66. The quantitative estimate of drug-likeness (QED) is 0.734. The molecule has 0 spiro atoms. The van der Waals surface area contributed by atoms with Crippen molar-refractivity contribution >= 4 is 0 Å². The van der Waals surface area contributed by atoms with E-state index in [1.54, 1.807) is 0 Å². The Morgan fingerprint density at radius 2 is 2.06 bits per heavy atom. The number of nitrogens with one attached hydrogen (secondary N) is 1. The molecule has 2 unspecified atom stereocenters. The summed E-state index contributed by atoms with van der Waals surface area (Å²) in [5.41, 5.74) is 0. The van der Waals surface area contributed by atoms with Gasteiger partial charge >= 0.3 is 0 Å². The van der Waals surface area contributed by atoms with E-state index in [2.05, 4.69) is 22.0 Å². The van der Waals surface area contributed by atoms with Gasteiger partial charge in [0.2, 0.25) is 0 Å². The SMILES string of the molecule is CNCCCC(C)N1CCCN2CCCC2C1. The lowest BCUT2D eigenvalue weighted by molar-refractivity contribution is 0.173. The van der Waals surface area contributed by atoms with Crippen molar-refractivity contribution in [1.82, 2.24) is 15.1 Å². The van der Waals surface area contributed by atoms with Crippen LogP contribution in [0.15, 0.2) is 0 Å². The zero-order chi connectivity index (χ0) is 12.1. The Balaban J connectivity index is 1.79. The Morgan fingerprint density at radius 1 is 1.24 bits per heavy atom. The molecular formula is C14H29N3. The van der Waals surface area contributed by atoms with Crippen molar-refractivity contribution in [3.8, 4) is 0 Å². The molecule has 2 rings (SSSR count). The molecule has 2 aliphatic rings. The topological polar surface area (TPSA) is 18.5 Å². The van der Waals surface area contributed by atoms with Crippen LogP contribution in [0.3, 0.4) is 0 Å². The van der Waals surface area contributed by atoms with Crippen LogP contribution in [-0.4, -0.2) is 61.7 Å². The minimum Gasteiger partial charge on any atom is -0.320 e. The molecule has 0 saturated carbocycles. The van der Waals surface area contributed by atoms with Crippen LogP contribution >= 0.6 is 0 Å². The van der Waals surface area contributed by atoms with E-state index in [1.165, 1.54) is 58.3 Å². The highest BCUT2D eigenvalue weighted by Crippen LogP contribution is 2.23. The van der Waals surface area contributed by atoms with Crippen LogP contribution in [0.1, 0.15) is 39.0 Å². The fourth-order valence-electron chi connectivity index (χ4n) is 3.39. The van der Waals surface area contributed by atoms with E-state index in [0.717, 1.165) is 18.6 Å². The van der Waals surface area contributed by atoms with Gasteiger partial charge in [-0.1, -0.05) is 0 Å². The third-order valence-electron chi connectivity index (χ3n) is 4.51. The summed E-state index contributed by atoms with van der Waals surface area (Å²) in [5, 5.41) is 3.25. The first-order chi connectivity index (χ1) is 8.31. The summed E-state index contributed by atoms with van der Waals surface area (Å²) in [4.78, 5) is 5.46. The molecule has 2 aliphatic heterocycles. The van der Waals surface area contributed by atoms with Gasteiger partial charge in [0, 0.05) is 18.6 Å². The van der Waals surface area contributed by atoms with Gasteiger partial charge in [-0.25, -0.2) is 0 Å². The fourth-order valence-corrected chi connectivity index (χ4v) is 3.39. The second-order valence-corrected chi connectivity index (χ2v) is 5.78. The highest BCUT2D eigenvalue weighted by atomic mass is 15.3. The minimum atomic E-state index is 0.767. The second kappa shape index (κ2) is 6.72. The molecule has 0 aromatic heterocycles. The van der Waals surface area contributed by atoms with Gasteiger partial charge in [0.1, 0.15) is 0 Å². The zero-order valence-electron chi connectivity index (χ0n) is 11.6. The number of nitrogens with zero attached hydrogens (tertiary/aromatic N) is 2. The molecule has 2 saturated heterocycles. The first-order valence-corrected chi connectivity index (χ1v) is 7.44. The van der Waals surface area contributed by atoms with Crippen LogP contribution in [0.5, 0.6) is 0 Å². The Kier molecular flexibility index (Phi) is 5.26. The van der Waals surface area contributed by atoms with E-state index in [9.17, 15) is 0 Å². The van der Waals surface area contributed by atoms with E-state index < -0.39 is 0 Å². The molecule has 3 nitrogen and oxygen atoms in total. The third kappa shape index (κ3) is 3.67. The Hall–Kier alpha value is -0.120. The first kappa shape index (κ1) is 13.3. The maximum absolute atomic E-state index is 3.25. The van der Waals surface area contributed by atoms with Crippen LogP contribution in [0.4, 0.5) is 0 Å². The molecule has 0 radical (unpaired) electrons.